The monoisotopic (exact) mass is 393 g/mol. The van der Waals surface area contributed by atoms with E-state index in [1.54, 1.807) is 12.1 Å². The molecule has 136 valence electrons. The van der Waals surface area contributed by atoms with Gasteiger partial charge in [0.05, 0.1) is 12.0 Å². The molecule has 1 aliphatic heterocycles. The highest BCUT2D eigenvalue weighted by atomic mass is 35.5. The Bertz CT molecular complexity index is 692. The number of sulfonamides is 1. The summed E-state index contributed by atoms with van der Waals surface area (Å²) in [5.74, 6) is 0.540. The number of fused-ring (bicyclic) bond motifs is 1. The molecule has 9 heteroatoms. The maximum absolute atomic E-state index is 12.8. The van der Waals surface area contributed by atoms with Crippen molar-refractivity contribution in [1.29, 1.82) is 0 Å². The molecule has 0 spiro atoms. The molecule has 6 nitrogen and oxygen atoms in total. The van der Waals surface area contributed by atoms with E-state index in [2.05, 4.69) is 15.4 Å². The first kappa shape index (κ1) is 19.7. The van der Waals surface area contributed by atoms with E-state index in [9.17, 15) is 13.2 Å². The predicted octanol–water partition coefficient (Wildman–Crippen LogP) is 1.47. The van der Waals surface area contributed by atoms with E-state index in [1.165, 1.54) is 24.8 Å². The second-order valence-corrected chi connectivity index (χ2v) is 9.62. The number of rotatable bonds is 5. The van der Waals surface area contributed by atoms with Gasteiger partial charge in [-0.15, -0.1) is 23.7 Å². The van der Waals surface area contributed by atoms with Gasteiger partial charge in [0, 0.05) is 11.4 Å². The standard InChI is InChI=1S/C15H23N3O3S2.ClH/c1-16-23(20,21)13-6-5-12(22-13)9-18-14(19)15-7-3-2-4-11(15)8-17-10-15;/h5-6,11,16-17H,2-4,7-10H2,1H3,(H,18,19);1H/t11-,15+;/m0./s1. The van der Waals surface area contributed by atoms with Gasteiger partial charge in [-0.25, -0.2) is 13.1 Å². The Kier molecular flexibility index (Phi) is 6.30. The van der Waals surface area contributed by atoms with Crippen molar-refractivity contribution in [2.45, 2.75) is 36.4 Å². The number of nitrogens with one attached hydrogen (secondary N) is 3. The lowest BCUT2D eigenvalue weighted by Crippen LogP contribution is -2.47. The third kappa shape index (κ3) is 3.62. The molecule has 1 aromatic rings. The molecule has 2 heterocycles. The minimum Gasteiger partial charge on any atom is -0.351 e. The van der Waals surface area contributed by atoms with Crippen molar-refractivity contribution in [1.82, 2.24) is 15.4 Å². The highest BCUT2D eigenvalue weighted by Crippen LogP contribution is 2.43. The number of thiophene rings is 1. The van der Waals surface area contributed by atoms with Gasteiger partial charge in [0.15, 0.2) is 0 Å². The lowest BCUT2D eigenvalue weighted by atomic mass is 9.67. The Morgan fingerprint density at radius 2 is 2.21 bits per heavy atom. The van der Waals surface area contributed by atoms with Crippen molar-refractivity contribution >= 4 is 39.7 Å². The molecule has 24 heavy (non-hydrogen) atoms. The highest BCUT2D eigenvalue weighted by molar-refractivity contribution is 7.91. The highest BCUT2D eigenvalue weighted by Gasteiger charge is 2.49. The van der Waals surface area contributed by atoms with Gasteiger partial charge in [-0.2, -0.15) is 0 Å². The molecule has 0 aromatic carbocycles. The van der Waals surface area contributed by atoms with Gasteiger partial charge in [-0.1, -0.05) is 12.8 Å². The first-order valence-electron chi connectivity index (χ1n) is 7.99. The molecule has 2 aliphatic rings. The molecule has 1 aliphatic carbocycles. The molecule has 0 bridgehead atoms. The summed E-state index contributed by atoms with van der Waals surface area (Å²) in [6.07, 6.45) is 4.37. The third-order valence-electron chi connectivity index (χ3n) is 5.08. The average molecular weight is 394 g/mol. The van der Waals surface area contributed by atoms with Crippen LogP contribution >= 0.6 is 23.7 Å². The molecule has 0 unspecified atom stereocenters. The maximum Gasteiger partial charge on any atom is 0.249 e. The molecule has 1 aromatic heterocycles. The van der Waals surface area contributed by atoms with E-state index in [4.69, 9.17) is 0 Å². The minimum atomic E-state index is -3.41. The summed E-state index contributed by atoms with van der Waals surface area (Å²) in [7, 11) is -2.01. The topological polar surface area (TPSA) is 87.3 Å². The number of amides is 1. The second kappa shape index (κ2) is 7.70. The van der Waals surface area contributed by atoms with Crippen molar-refractivity contribution in [3.8, 4) is 0 Å². The predicted molar refractivity (Wildman–Crippen MR) is 96.9 cm³/mol. The molecule has 2 atom stereocenters. The Hall–Kier alpha value is -0.670. The fourth-order valence-corrected chi connectivity index (χ4v) is 5.87. The van der Waals surface area contributed by atoms with Crippen LogP contribution in [0.1, 0.15) is 30.6 Å². The normalized spacial score (nSPS) is 26.5. The molecule has 1 saturated heterocycles. The Labute approximate surface area is 153 Å². The van der Waals surface area contributed by atoms with E-state index in [0.717, 1.165) is 37.2 Å². The summed E-state index contributed by atoms with van der Waals surface area (Å²) in [6, 6.07) is 3.34. The molecule has 1 amide bonds. The lowest BCUT2D eigenvalue weighted by Gasteiger charge is -2.37. The Morgan fingerprint density at radius 3 is 2.96 bits per heavy atom. The fraction of sp³-hybridized carbons (Fsp3) is 0.667. The van der Waals surface area contributed by atoms with Crippen molar-refractivity contribution in [3.63, 3.8) is 0 Å². The molecular formula is C15H24ClN3O3S2. The van der Waals surface area contributed by atoms with Gasteiger partial charge in [0.1, 0.15) is 4.21 Å². The summed E-state index contributed by atoms with van der Waals surface area (Å²) in [6.45, 7) is 2.07. The molecule has 3 rings (SSSR count). The van der Waals surface area contributed by atoms with Crippen LogP contribution in [0.2, 0.25) is 0 Å². The molecule has 3 N–H and O–H groups in total. The van der Waals surface area contributed by atoms with Gasteiger partial charge < -0.3 is 10.6 Å². The lowest BCUT2D eigenvalue weighted by molar-refractivity contribution is -0.134. The zero-order valence-electron chi connectivity index (χ0n) is 13.6. The molecule has 1 saturated carbocycles. The largest absolute Gasteiger partial charge is 0.351 e. The zero-order chi connectivity index (χ0) is 16.5. The average Bonchev–Trinajstić information content (AvgIpc) is 3.20. The van der Waals surface area contributed by atoms with Crippen LogP contribution in [0.3, 0.4) is 0 Å². The second-order valence-electron chi connectivity index (χ2n) is 6.34. The smallest absolute Gasteiger partial charge is 0.249 e. The van der Waals surface area contributed by atoms with Gasteiger partial charge in [0.2, 0.25) is 15.9 Å². The number of hydrogen-bond acceptors (Lipinski definition) is 5. The van der Waals surface area contributed by atoms with Crippen LogP contribution in [-0.2, 0) is 21.4 Å². The van der Waals surface area contributed by atoms with E-state index in [1.807, 2.05) is 0 Å². The Balaban J connectivity index is 0.00000208. The van der Waals surface area contributed by atoms with Crippen LogP contribution in [0.25, 0.3) is 0 Å². The fourth-order valence-electron chi connectivity index (χ4n) is 3.73. The van der Waals surface area contributed by atoms with Gasteiger partial charge in [-0.3, -0.25) is 4.79 Å². The third-order valence-corrected chi connectivity index (χ3v) is 8.08. The number of hydrogen-bond donors (Lipinski definition) is 3. The van der Waals surface area contributed by atoms with E-state index in [-0.39, 0.29) is 27.9 Å². The van der Waals surface area contributed by atoms with Crippen LogP contribution < -0.4 is 15.4 Å². The summed E-state index contributed by atoms with van der Waals surface area (Å²) in [4.78, 5) is 13.6. The van der Waals surface area contributed by atoms with Gasteiger partial charge in [0.25, 0.3) is 0 Å². The van der Waals surface area contributed by atoms with Crippen LogP contribution in [0.5, 0.6) is 0 Å². The Morgan fingerprint density at radius 1 is 1.42 bits per heavy atom. The van der Waals surface area contributed by atoms with E-state index in [0.29, 0.717) is 12.5 Å². The van der Waals surface area contributed by atoms with Crippen LogP contribution in [0.15, 0.2) is 16.3 Å². The summed E-state index contributed by atoms with van der Waals surface area (Å²) in [5, 5.41) is 6.40. The summed E-state index contributed by atoms with van der Waals surface area (Å²) >= 11 is 1.20. The summed E-state index contributed by atoms with van der Waals surface area (Å²) in [5.41, 5.74) is -0.268. The van der Waals surface area contributed by atoms with Crippen molar-refractivity contribution in [3.05, 3.63) is 17.0 Å². The van der Waals surface area contributed by atoms with Crippen LogP contribution in [0.4, 0.5) is 0 Å². The first-order chi connectivity index (χ1) is 11.0. The van der Waals surface area contributed by atoms with Gasteiger partial charge >= 0.3 is 0 Å². The van der Waals surface area contributed by atoms with Crippen LogP contribution in [0, 0.1) is 11.3 Å². The molecule has 0 radical (unpaired) electrons. The van der Waals surface area contributed by atoms with Crippen LogP contribution in [-0.4, -0.2) is 34.5 Å². The zero-order valence-corrected chi connectivity index (χ0v) is 16.1. The summed E-state index contributed by atoms with van der Waals surface area (Å²) < 4.78 is 26.1. The first-order valence-corrected chi connectivity index (χ1v) is 10.3. The molecule has 2 fully saturated rings. The number of carbonyl (C=O) groups is 1. The van der Waals surface area contributed by atoms with E-state index < -0.39 is 10.0 Å². The van der Waals surface area contributed by atoms with E-state index >= 15 is 0 Å². The quantitative estimate of drug-likeness (QED) is 0.707. The SMILES string of the molecule is CNS(=O)(=O)c1ccc(CNC(=O)[C@@]23CCCC[C@H]2CNC3)s1.Cl. The number of halogens is 1. The maximum atomic E-state index is 12.8. The number of carbonyl (C=O) groups excluding carboxylic acids is 1. The van der Waals surface area contributed by atoms with Crippen molar-refractivity contribution in [2.75, 3.05) is 20.1 Å². The molecular weight excluding hydrogens is 370 g/mol. The van der Waals surface area contributed by atoms with Gasteiger partial charge in [-0.05, 0) is 44.5 Å². The van der Waals surface area contributed by atoms with Crippen molar-refractivity contribution in [2.24, 2.45) is 11.3 Å². The minimum absolute atomic E-state index is 0. The van der Waals surface area contributed by atoms with Crippen molar-refractivity contribution < 1.29 is 13.2 Å².